The summed E-state index contributed by atoms with van der Waals surface area (Å²) in [6.07, 6.45) is 0. The van der Waals surface area contributed by atoms with Gasteiger partial charge in [-0.2, -0.15) is 0 Å². The third-order valence-electron chi connectivity index (χ3n) is 1.67. The number of rotatable bonds is 0. The first-order valence-electron chi connectivity index (χ1n) is 3.94. The third kappa shape index (κ3) is 1.27. The standard InChI is InChI=1S/C9H13O2P/c1-12(2,3)10-8-6-4-5-7-9(8)11-12/h4-7H,1-3H3. The molecule has 0 atom stereocenters. The van der Waals surface area contributed by atoms with Crippen LogP contribution in [0, 0.1) is 0 Å². The van der Waals surface area contributed by atoms with Crippen LogP contribution in [-0.2, 0) is 0 Å². The van der Waals surface area contributed by atoms with E-state index in [1.807, 2.05) is 44.3 Å². The summed E-state index contributed by atoms with van der Waals surface area (Å²) in [5.74, 6) is 1.75. The maximum absolute atomic E-state index is 5.79. The van der Waals surface area contributed by atoms with Gasteiger partial charge < -0.3 is 0 Å². The van der Waals surface area contributed by atoms with Crippen molar-refractivity contribution in [2.45, 2.75) is 0 Å². The Morgan fingerprint density at radius 2 is 1.33 bits per heavy atom. The molecule has 0 radical (unpaired) electrons. The fourth-order valence-corrected chi connectivity index (χ4v) is 2.97. The summed E-state index contributed by atoms with van der Waals surface area (Å²) in [5.41, 5.74) is 0. The molecule has 0 unspecified atom stereocenters. The Bertz CT molecular complexity index is 296. The van der Waals surface area contributed by atoms with Gasteiger partial charge in [-0.3, -0.25) is 0 Å². The molecule has 0 saturated heterocycles. The molecule has 0 saturated carbocycles. The summed E-state index contributed by atoms with van der Waals surface area (Å²) in [6, 6.07) is 7.81. The zero-order valence-corrected chi connectivity index (χ0v) is 8.47. The molecule has 66 valence electrons. The molecule has 0 aromatic heterocycles. The van der Waals surface area contributed by atoms with Gasteiger partial charge in [-0.1, -0.05) is 0 Å². The fourth-order valence-electron chi connectivity index (χ4n) is 1.29. The van der Waals surface area contributed by atoms with Crippen LogP contribution in [-0.4, -0.2) is 20.0 Å². The van der Waals surface area contributed by atoms with Crippen molar-refractivity contribution in [2.75, 3.05) is 20.0 Å². The van der Waals surface area contributed by atoms with Gasteiger partial charge in [0.05, 0.1) is 0 Å². The van der Waals surface area contributed by atoms with Crippen molar-refractivity contribution in [2.24, 2.45) is 0 Å². The Morgan fingerprint density at radius 1 is 0.917 bits per heavy atom. The van der Waals surface area contributed by atoms with Crippen molar-refractivity contribution >= 4 is 7.06 Å². The van der Waals surface area contributed by atoms with Crippen LogP contribution in [0.15, 0.2) is 24.3 Å². The van der Waals surface area contributed by atoms with Crippen LogP contribution in [0.2, 0.25) is 0 Å². The number of fused-ring (bicyclic) bond motifs is 1. The number of hydrogen-bond acceptors (Lipinski definition) is 2. The number of hydrogen-bond donors (Lipinski definition) is 0. The molecule has 1 aliphatic rings. The molecule has 1 aliphatic heterocycles. The first kappa shape index (κ1) is 7.88. The van der Waals surface area contributed by atoms with Gasteiger partial charge in [0.1, 0.15) is 0 Å². The van der Waals surface area contributed by atoms with Crippen LogP contribution in [0.5, 0.6) is 11.5 Å². The van der Waals surface area contributed by atoms with Crippen LogP contribution in [0.1, 0.15) is 0 Å². The minimum absolute atomic E-state index is 0.877. The van der Waals surface area contributed by atoms with E-state index in [-0.39, 0.29) is 0 Å². The van der Waals surface area contributed by atoms with E-state index in [1.54, 1.807) is 0 Å². The van der Waals surface area contributed by atoms with E-state index in [0.29, 0.717) is 0 Å². The first-order valence-corrected chi connectivity index (χ1v) is 7.36. The van der Waals surface area contributed by atoms with Crippen molar-refractivity contribution in [3.8, 4) is 11.5 Å². The Hall–Kier alpha value is -0.750. The molecular weight excluding hydrogens is 171 g/mol. The predicted octanol–water partition coefficient (Wildman–Crippen LogP) is 2.73. The van der Waals surface area contributed by atoms with Gasteiger partial charge in [-0.05, 0) is 0 Å². The molecule has 0 bridgehead atoms. The summed E-state index contributed by atoms with van der Waals surface area (Å²) >= 11 is 0. The summed E-state index contributed by atoms with van der Waals surface area (Å²) in [6.45, 7) is 6.14. The molecule has 1 aromatic rings. The Labute approximate surface area is 72.6 Å². The molecule has 2 nitrogen and oxygen atoms in total. The van der Waals surface area contributed by atoms with Gasteiger partial charge in [0.25, 0.3) is 0 Å². The zero-order valence-electron chi connectivity index (χ0n) is 7.57. The third-order valence-corrected chi connectivity index (χ3v) is 3.31. The molecule has 1 heterocycles. The zero-order chi connectivity index (χ0) is 8.84. The van der Waals surface area contributed by atoms with E-state index in [1.165, 1.54) is 0 Å². The fraction of sp³-hybridized carbons (Fsp3) is 0.333. The van der Waals surface area contributed by atoms with Crippen LogP contribution in [0.3, 0.4) is 0 Å². The summed E-state index contributed by atoms with van der Waals surface area (Å²) < 4.78 is 11.6. The monoisotopic (exact) mass is 184 g/mol. The van der Waals surface area contributed by atoms with E-state index in [0.717, 1.165) is 11.5 Å². The Kier molecular flexibility index (Phi) is 1.27. The maximum atomic E-state index is 5.79. The number of benzene rings is 1. The molecule has 0 N–H and O–H groups in total. The van der Waals surface area contributed by atoms with Crippen molar-refractivity contribution in [1.82, 2.24) is 0 Å². The van der Waals surface area contributed by atoms with E-state index in [2.05, 4.69) is 0 Å². The van der Waals surface area contributed by atoms with Gasteiger partial charge in [0.15, 0.2) is 0 Å². The molecular formula is C9H13O2P. The van der Waals surface area contributed by atoms with Gasteiger partial charge in [0.2, 0.25) is 0 Å². The molecule has 0 aliphatic carbocycles. The van der Waals surface area contributed by atoms with E-state index < -0.39 is 7.06 Å². The summed E-state index contributed by atoms with van der Waals surface area (Å²) in [4.78, 5) is 0. The average molecular weight is 184 g/mol. The van der Waals surface area contributed by atoms with Crippen LogP contribution < -0.4 is 9.05 Å². The second kappa shape index (κ2) is 1.94. The number of para-hydroxylation sites is 2. The van der Waals surface area contributed by atoms with Crippen LogP contribution in [0.25, 0.3) is 0 Å². The van der Waals surface area contributed by atoms with Crippen LogP contribution in [0.4, 0.5) is 0 Å². The van der Waals surface area contributed by atoms with Crippen LogP contribution >= 0.6 is 7.06 Å². The van der Waals surface area contributed by atoms with Gasteiger partial charge in [-0.25, -0.2) is 0 Å². The Morgan fingerprint density at radius 3 is 1.75 bits per heavy atom. The summed E-state index contributed by atoms with van der Waals surface area (Å²) in [7, 11) is -2.31. The molecule has 1 aromatic carbocycles. The van der Waals surface area contributed by atoms with E-state index >= 15 is 0 Å². The topological polar surface area (TPSA) is 18.5 Å². The average Bonchev–Trinajstić information content (AvgIpc) is 2.16. The van der Waals surface area contributed by atoms with Gasteiger partial charge in [-0.15, -0.1) is 0 Å². The minimum atomic E-state index is -2.31. The van der Waals surface area contributed by atoms with Gasteiger partial charge in [0, 0.05) is 0 Å². The second-order valence-corrected chi connectivity index (χ2v) is 9.53. The molecule has 2 rings (SSSR count). The normalized spacial score (nSPS) is 25.8. The predicted molar refractivity (Wildman–Crippen MR) is 52.4 cm³/mol. The SMILES string of the molecule is CP1(C)(C)Oc2ccccc2O1. The molecule has 3 heteroatoms. The van der Waals surface area contributed by atoms with Crippen molar-refractivity contribution in [1.29, 1.82) is 0 Å². The molecule has 12 heavy (non-hydrogen) atoms. The quantitative estimate of drug-likeness (QED) is 0.577. The van der Waals surface area contributed by atoms with Crippen molar-refractivity contribution < 1.29 is 9.05 Å². The van der Waals surface area contributed by atoms with E-state index in [9.17, 15) is 0 Å². The molecule has 0 fully saturated rings. The second-order valence-electron chi connectivity index (χ2n) is 4.14. The molecule has 0 spiro atoms. The Balaban J connectivity index is 2.47. The van der Waals surface area contributed by atoms with Crippen molar-refractivity contribution in [3.05, 3.63) is 24.3 Å². The van der Waals surface area contributed by atoms with Crippen molar-refractivity contribution in [3.63, 3.8) is 0 Å². The molecule has 0 amide bonds. The van der Waals surface area contributed by atoms with Gasteiger partial charge >= 0.3 is 71.9 Å². The first-order chi connectivity index (χ1) is 5.44. The van der Waals surface area contributed by atoms with E-state index in [4.69, 9.17) is 9.05 Å². The summed E-state index contributed by atoms with van der Waals surface area (Å²) in [5, 5.41) is 0.